The first kappa shape index (κ1) is 20.7. The second-order valence-corrected chi connectivity index (χ2v) is 5.07. The summed E-state index contributed by atoms with van der Waals surface area (Å²) in [4.78, 5) is 14.9. The highest BCUT2D eigenvalue weighted by Gasteiger charge is 2.35. The Morgan fingerprint density at radius 1 is 1.19 bits per heavy atom. The second kappa shape index (κ2) is 8.38. The molecular weight excluding hydrogens is 334 g/mol. The number of carbonyl (C=O) groups excluding carboxylic acids is 1. The Hall–Kier alpha value is -0.280. The number of carbonyl (C=O) groups is 1. The van der Waals surface area contributed by atoms with E-state index in [2.05, 4.69) is 5.32 Å². The van der Waals surface area contributed by atoms with Gasteiger partial charge in [0.1, 0.15) is 0 Å². The molecule has 2 N–H and O–H groups in total. The average molecular weight is 354 g/mol. The van der Waals surface area contributed by atoms with Gasteiger partial charge < -0.3 is 15.3 Å². The average Bonchev–Trinajstić information content (AvgIpc) is 2.74. The molecule has 2 fully saturated rings. The van der Waals surface area contributed by atoms with Crippen LogP contribution >= 0.6 is 24.8 Å². The SMILES string of the molecule is Cl.Cl.O=C(C1CC(O)CN1)N1CCN(CC(F)(F)F)CC1. The molecule has 1 amide bonds. The van der Waals surface area contributed by atoms with Gasteiger partial charge in [-0.1, -0.05) is 0 Å². The summed E-state index contributed by atoms with van der Waals surface area (Å²) >= 11 is 0. The number of halogens is 5. The minimum Gasteiger partial charge on any atom is -0.392 e. The molecule has 0 aromatic carbocycles. The van der Waals surface area contributed by atoms with Gasteiger partial charge >= 0.3 is 6.18 Å². The molecule has 0 bridgehead atoms. The van der Waals surface area contributed by atoms with Crippen molar-refractivity contribution in [2.45, 2.75) is 24.7 Å². The third-order valence-electron chi connectivity index (χ3n) is 3.49. The number of rotatable bonds is 2. The van der Waals surface area contributed by atoms with Gasteiger partial charge in [-0.2, -0.15) is 13.2 Å². The molecule has 126 valence electrons. The topological polar surface area (TPSA) is 55.8 Å². The zero-order chi connectivity index (χ0) is 14.0. The lowest BCUT2D eigenvalue weighted by Crippen LogP contribution is -2.54. The largest absolute Gasteiger partial charge is 0.401 e. The molecule has 2 saturated heterocycles. The first-order valence-electron chi connectivity index (χ1n) is 6.34. The van der Waals surface area contributed by atoms with Gasteiger partial charge in [0.2, 0.25) is 5.91 Å². The molecule has 0 aromatic rings. The van der Waals surface area contributed by atoms with E-state index in [0.29, 0.717) is 26.1 Å². The van der Waals surface area contributed by atoms with Crippen LogP contribution in [0.15, 0.2) is 0 Å². The van der Waals surface area contributed by atoms with Crippen molar-refractivity contribution in [1.29, 1.82) is 0 Å². The molecule has 10 heteroatoms. The molecule has 0 saturated carbocycles. The fraction of sp³-hybridized carbons (Fsp3) is 0.909. The number of nitrogens with zero attached hydrogens (tertiary/aromatic N) is 2. The summed E-state index contributed by atoms with van der Waals surface area (Å²) in [5.41, 5.74) is 0. The van der Waals surface area contributed by atoms with Crippen LogP contribution in [0.1, 0.15) is 6.42 Å². The summed E-state index contributed by atoms with van der Waals surface area (Å²) in [7, 11) is 0. The van der Waals surface area contributed by atoms with Crippen molar-refractivity contribution in [3.63, 3.8) is 0 Å². The maximum Gasteiger partial charge on any atom is 0.401 e. The number of aliphatic hydroxyl groups excluding tert-OH is 1. The van der Waals surface area contributed by atoms with Crippen LogP contribution in [0.25, 0.3) is 0 Å². The number of β-amino-alcohol motifs (C(OH)–C–C–N with tert-alkyl or cyclic N) is 1. The van der Waals surface area contributed by atoms with Crippen molar-refractivity contribution in [2.75, 3.05) is 39.3 Å². The molecule has 2 aliphatic rings. The lowest BCUT2D eigenvalue weighted by molar-refractivity contribution is -0.152. The molecule has 2 heterocycles. The van der Waals surface area contributed by atoms with Crippen LogP contribution in [-0.4, -0.2) is 78.4 Å². The Morgan fingerprint density at radius 2 is 1.76 bits per heavy atom. The number of amides is 1. The molecule has 0 spiro atoms. The standard InChI is InChI=1S/C11H18F3N3O2.2ClH/c12-11(13,14)7-16-1-3-17(4-2-16)10(19)9-5-8(18)6-15-9;;/h8-9,15,18H,1-7H2;2*1H. The highest BCUT2D eigenvalue weighted by Crippen LogP contribution is 2.18. The molecule has 2 unspecified atom stereocenters. The van der Waals surface area contributed by atoms with Gasteiger partial charge in [-0.25, -0.2) is 0 Å². The second-order valence-electron chi connectivity index (χ2n) is 5.07. The van der Waals surface area contributed by atoms with Crippen LogP contribution in [0.5, 0.6) is 0 Å². The molecule has 2 aliphatic heterocycles. The molecular formula is C11H20Cl2F3N3O2. The first-order valence-corrected chi connectivity index (χ1v) is 6.34. The number of hydrogen-bond donors (Lipinski definition) is 2. The predicted octanol–water partition coefficient (Wildman–Crippen LogP) is 0.259. The highest BCUT2D eigenvalue weighted by molar-refractivity contribution is 5.85. The van der Waals surface area contributed by atoms with Crippen LogP contribution < -0.4 is 5.32 Å². The van der Waals surface area contributed by atoms with Crippen LogP contribution in [0.3, 0.4) is 0 Å². The fourth-order valence-electron chi connectivity index (χ4n) is 2.51. The van der Waals surface area contributed by atoms with Crippen molar-refractivity contribution in [1.82, 2.24) is 15.1 Å². The van der Waals surface area contributed by atoms with Crippen LogP contribution in [0.4, 0.5) is 13.2 Å². The third kappa shape index (κ3) is 6.15. The van der Waals surface area contributed by atoms with Crippen LogP contribution in [0, 0.1) is 0 Å². The number of aliphatic hydroxyl groups is 1. The van der Waals surface area contributed by atoms with Gasteiger partial charge in [0.05, 0.1) is 18.7 Å². The van der Waals surface area contributed by atoms with Gasteiger partial charge in [-0.05, 0) is 6.42 Å². The predicted molar refractivity (Wildman–Crippen MR) is 76.0 cm³/mol. The fourth-order valence-corrected chi connectivity index (χ4v) is 2.51. The molecule has 0 aliphatic carbocycles. The van der Waals surface area contributed by atoms with Gasteiger partial charge in [-0.15, -0.1) is 24.8 Å². The minimum atomic E-state index is -4.19. The van der Waals surface area contributed by atoms with E-state index in [1.165, 1.54) is 4.90 Å². The number of alkyl halides is 3. The zero-order valence-corrected chi connectivity index (χ0v) is 12.9. The maximum atomic E-state index is 12.2. The molecule has 0 aromatic heterocycles. The van der Waals surface area contributed by atoms with Gasteiger partial charge in [-0.3, -0.25) is 9.69 Å². The summed E-state index contributed by atoms with van der Waals surface area (Å²) in [6.07, 6.45) is -4.33. The number of hydrogen-bond acceptors (Lipinski definition) is 4. The smallest absolute Gasteiger partial charge is 0.392 e. The van der Waals surface area contributed by atoms with E-state index >= 15 is 0 Å². The summed E-state index contributed by atoms with van der Waals surface area (Å²) < 4.78 is 36.7. The summed E-state index contributed by atoms with van der Waals surface area (Å²) in [5, 5.41) is 12.3. The molecule has 5 nitrogen and oxygen atoms in total. The van der Waals surface area contributed by atoms with Crippen molar-refractivity contribution < 1.29 is 23.1 Å². The summed E-state index contributed by atoms with van der Waals surface area (Å²) in [6, 6.07) is -0.399. The van der Waals surface area contributed by atoms with Gasteiger partial charge in [0, 0.05) is 32.7 Å². The number of piperazine rings is 1. The molecule has 21 heavy (non-hydrogen) atoms. The number of nitrogens with one attached hydrogen (secondary N) is 1. The molecule has 2 atom stereocenters. The van der Waals surface area contributed by atoms with Gasteiger partial charge in [0.25, 0.3) is 0 Å². The monoisotopic (exact) mass is 353 g/mol. The highest BCUT2D eigenvalue weighted by atomic mass is 35.5. The minimum absolute atomic E-state index is 0. The van der Waals surface area contributed by atoms with E-state index in [4.69, 9.17) is 0 Å². The van der Waals surface area contributed by atoms with E-state index in [1.54, 1.807) is 4.90 Å². The normalized spacial score (nSPS) is 27.0. The lowest BCUT2D eigenvalue weighted by Gasteiger charge is -2.36. The quantitative estimate of drug-likeness (QED) is 0.747. The van der Waals surface area contributed by atoms with E-state index in [9.17, 15) is 23.1 Å². The lowest BCUT2D eigenvalue weighted by atomic mass is 10.1. The summed E-state index contributed by atoms with van der Waals surface area (Å²) in [5.74, 6) is -0.122. The Labute approximate surface area is 133 Å². The van der Waals surface area contributed by atoms with Crippen molar-refractivity contribution in [3.05, 3.63) is 0 Å². The first-order chi connectivity index (χ1) is 8.85. The Kier molecular flexibility index (Phi) is 8.27. The Balaban J connectivity index is 0.00000200. The van der Waals surface area contributed by atoms with Crippen molar-refractivity contribution >= 4 is 30.7 Å². The van der Waals surface area contributed by atoms with Crippen molar-refractivity contribution in [2.24, 2.45) is 0 Å². The Morgan fingerprint density at radius 3 is 2.19 bits per heavy atom. The van der Waals surface area contributed by atoms with E-state index in [0.717, 1.165) is 0 Å². The van der Waals surface area contributed by atoms with Crippen LogP contribution in [0.2, 0.25) is 0 Å². The van der Waals surface area contributed by atoms with E-state index < -0.39 is 24.9 Å². The van der Waals surface area contributed by atoms with Crippen molar-refractivity contribution in [3.8, 4) is 0 Å². The summed E-state index contributed by atoms with van der Waals surface area (Å²) in [6.45, 7) is 0.563. The van der Waals surface area contributed by atoms with E-state index in [-0.39, 0.29) is 43.8 Å². The molecule has 0 radical (unpaired) electrons. The van der Waals surface area contributed by atoms with E-state index in [1.807, 2.05) is 0 Å². The molecule has 2 rings (SSSR count). The zero-order valence-electron chi connectivity index (χ0n) is 11.3. The Bertz CT molecular complexity index is 339. The maximum absolute atomic E-state index is 12.2. The van der Waals surface area contributed by atoms with Crippen LogP contribution in [-0.2, 0) is 4.79 Å². The third-order valence-corrected chi connectivity index (χ3v) is 3.49. The van der Waals surface area contributed by atoms with Gasteiger partial charge in [0.15, 0.2) is 0 Å².